The van der Waals surface area contributed by atoms with E-state index in [0.717, 1.165) is 38.6 Å². The van der Waals surface area contributed by atoms with Gasteiger partial charge in [-0.2, -0.15) is 0 Å². The Hall–Kier alpha value is -1.60. The zero-order valence-electron chi connectivity index (χ0n) is 18.4. The van der Waals surface area contributed by atoms with Crippen LogP contribution >= 0.6 is 0 Å². The number of likely N-dealkylation sites (tertiary alicyclic amines) is 1. The van der Waals surface area contributed by atoms with Crippen LogP contribution in [0.4, 0.5) is 0 Å². The molecular formula is C22H38N4O2S. The van der Waals surface area contributed by atoms with Crippen molar-refractivity contribution >= 4 is 15.8 Å². The Bertz CT molecular complexity index is 747. The average molecular weight is 423 g/mol. The third kappa shape index (κ3) is 9.63. The maximum Gasteiger partial charge on any atom is 0.191 e. The van der Waals surface area contributed by atoms with E-state index in [1.54, 1.807) is 0 Å². The summed E-state index contributed by atoms with van der Waals surface area (Å²) in [6.07, 6.45) is 4.21. The van der Waals surface area contributed by atoms with E-state index in [9.17, 15) is 8.42 Å². The highest BCUT2D eigenvalue weighted by Gasteiger charge is 2.23. The molecule has 1 aliphatic rings. The molecule has 7 heteroatoms. The smallest absolute Gasteiger partial charge is 0.191 e. The first-order chi connectivity index (χ1) is 13.7. The quantitative estimate of drug-likeness (QED) is 0.473. The standard InChI is InChI=1S/C22H38N4O2S/c1-5-23-21(24-18-22(2,3)13-15-29(4,27)28)25-20-12-9-14-26(17-20)16-19-10-7-6-8-11-19/h6-8,10-11,20H,5,9,12-18H2,1-4H3,(H2,23,24,25). The zero-order chi connectivity index (χ0) is 21.3. The van der Waals surface area contributed by atoms with E-state index >= 15 is 0 Å². The van der Waals surface area contributed by atoms with Crippen molar-refractivity contribution in [1.29, 1.82) is 0 Å². The molecule has 0 bridgehead atoms. The Morgan fingerprint density at radius 3 is 2.66 bits per heavy atom. The molecule has 1 heterocycles. The lowest BCUT2D eigenvalue weighted by Crippen LogP contribution is -2.51. The van der Waals surface area contributed by atoms with Crippen molar-refractivity contribution < 1.29 is 8.42 Å². The summed E-state index contributed by atoms with van der Waals surface area (Å²) in [5, 5.41) is 6.94. The number of nitrogens with one attached hydrogen (secondary N) is 2. The first-order valence-corrected chi connectivity index (χ1v) is 12.7. The fourth-order valence-electron chi connectivity index (χ4n) is 3.51. The van der Waals surface area contributed by atoms with Crippen LogP contribution in [0, 0.1) is 5.41 Å². The van der Waals surface area contributed by atoms with Gasteiger partial charge < -0.3 is 10.6 Å². The number of nitrogens with zero attached hydrogens (tertiary/aromatic N) is 2. The first-order valence-electron chi connectivity index (χ1n) is 10.7. The van der Waals surface area contributed by atoms with Crippen LogP contribution < -0.4 is 10.6 Å². The largest absolute Gasteiger partial charge is 0.357 e. The molecule has 0 aromatic heterocycles. The van der Waals surface area contributed by atoms with Crippen molar-refractivity contribution in [2.24, 2.45) is 10.4 Å². The third-order valence-corrected chi connectivity index (χ3v) is 6.20. The highest BCUT2D eigenvalue weighted by molar-refractivity contribution is 7.90. The molecule has 1 aliphatic heterocycles. The van der Waals surface area contributed by atoms with Gasteiger partial charge in [0.15, 0.2) is 5.96 Å². The third-order valence-electron chi connectivity index (χ3n) is 5.25. The Morgan fingerprint density at radius 2 is 2.00 bits per heavy atom. The Kier molecular flexibility index (Phi) is 8.96. The predicted molar refractivity (Wildman–Crippen MR) is 122 cm³/mol. The van der Waals surface area contributed by atoms with Gasteiger partial charge in [0.05, 0.1) is 5.75 Å². The monoisotopic (exact) mass is 422 g/mol. The molecule has 1 saturated heterocycles. The molecule has 2 rings (SSSR count). The van der Waals surface area contributed by atoms with Crippen LogP contribution in [0.1, 0.15) is 45.6 Å². The average Bonchev–Trinajstić information content (AvgIpc) is 2.66. The van der Waals surface area contributed by atoms with Crippen LogP contribution in [0.5, 0.6) is 0 Å². The SMILES string of the molecule is CCNC(=NCC(C)(C)CCS(C)(=O)=O)NC1CCCN(Cc2ccccc2)C1. The highest BCUT2D eigenvalue weighted by atomic mass is 32.2. The predicted octanol–water partition coefficient (Wildman–Crippen LogP) is 2.67. The van der Waals surface area contributed by atoms with Crippen LogP contribution in [0.15, 0.2) is 35.3 Å². The zero-order valence-corrected chi connectivity index (χ0v) is 19.3. The fourth-order valence-corrected chi connectivity index (χ4v) is 4.43. The van der Waals surface area contributed by atoms with Crippen molar-refractivity contribution in [3.05, 3.63) is 35.9 Å². The summed E-state index contributed by atoms with van der Waals surface area (Å²) in [5.41, 5.74) is 1.19. The molecule has 0 radical (unpaired) electrons. The maximum absolute atomic E-state index is 11.5. The van der Waals surface area contributed by atoms with E-state index in [4.69, 9.17) is 4.99 Å². The lowest BCUT2D eigenvalue weighted by molar-refractivity contribution is 0.192. The Balaban J connectivity index is 1.91. The van der Waals surface area contributed by atoms with Crippen molar-refractivity contribution in [3.63, 3.8) is 0 Å². The first kappa shape index (κ1) is 23.7. The van der Waals surface area contributed by atoms with Gasteiger partial charge in [-0.05, 0) is 43.7 Å². The summed E-state index contributed by atoms with van der Waals surface area (Å²) in [5.74, 6) is 1.03. The highest BCUT2D eigenvalue weighted by Crippen LogP contribution is 2.21. The van der Waals surface area contributed by atoms with Gasteiger partial charge in [0.1, 0.15) is 9.84 Å². The second kappa shape index (κ2) is 11.0. The van der Waals surface area contributed by atoms with E-state index in [0.29, 0.717) is 19.0 Å². The van der Waals surface area contributed by atoms with Crippen molar-refractivity contribution in [2.75, 3.05) is 38.2 Å². The van der Waals surface area contributed by atoms with Gasteiger partial charge in [0.2, 0.25) is 0 Å². The van der Waals surface area contributed by atoms with E-state index < -0.39 is 9.84 Å². The van der Waals surface area contributed by atoms with E-state index in [1.807, 2.05) is 0 Å². The Labute approximate surface area is 177 Å². The van der Waals surface area contributed by atoms with Gasteiger partial charge in [-0.1, -0.05) is 44.2 Å². The van der Waals surface area contributed by atoms with Gasteiger partial charge in [-0.25, -0.2) is 8.42 Å². The fraction of sp³-hybridized carbons (Fsp3) is 0.682. The van der Waals surface area contributed by atoms with E-state index in [-0.39, 0.29) is 11.2 Å². The molecule has 0 aliphatic carbocycles. The molecule has 2 N–H and O–H groups in total. The summed E-state index contributed by atoms with van der Waals surface area (Å²) in [4.78, 5) is 7.27. The van der Waals surface area contributed by atoms with Crippen LogP contribution in [-0.2, 0) is 16.4 Å². The molecule has 164 valence electrons. The minimum absolute atomic E-state index is 0.155. The molecule has 1 atom stereocenters. The summed E-state index contributed by atoms with van der Waals surface area (Å²) in [6, 6.07) is 11.0. The van der Waals surface area contributed by atoms with Crippen molar-refractivity contribution in [2.45, 2.75) is 52.6 Å². The minimum atomic E-state index is -2.95. The van der Waals surface area contributed by atoms with Gasteiger partial charge in [-0.3, -0.25) is 9.89 Å². The summed E-state index contributed by atoms with van der Waals surface area (Å²) < 4.78 is 23.0. The topological polar surface area (TPSA) is 73.8 Å². The number of benzene rings is 1. The summed E-state index contributed by atoms with van der Waals surface area (Å²) >= 11 is 0. The molecule has 0 amide bonds. The summed E-state index contributed by atoms with van der Waals surface area (Å²) in [7, 11) is -2.95. The number of sulfone groups is 1. The molecular weight excluding hydrogens is 384 g/mol. The number of rotatable bonds is 9. The van der Waals surface area contributed by atoms with Crippen LogP contribution in [0.3, 0.4) is 0 Å². The van der Waals surface area contributed by atoms with Gasteiger partial charge in [0.25, 0.3) is 0 Å². The van der Waals surface area contributed by atoms with Crippen LogP contribution in [0.2, 0.25) is 0 Å². The van der Waals surface area contributed by atoms with Crippen LogP contribution in [0.25, 0.3) is 0 Å². The van der Waals surface area contributed by atoms with E-state index in [1.165, 1.54) is 18.2 Å². The molecule has 1 aromatic carbocycles. The number of hydrogen-bond acceptors (Lipinski definition) is 4. The maximum atomic E-state index is 11.5. The number of hydrogen-bond donors (Lipinski definition) is 2. The Morgan fingerprint density at radius 1 is 1.28 bits per heavy atom. The van der Waals surface area contributed by atoms with Crippen LogP contribution in [-0.4, -0.2) is 63.5 Å². The molecule has 1 fully saturated rings. The van der Waals surface area contributed by atoms with Crippen molar-refractivity contribution in [1.82, 2.24) is 15.5 Å². The second-order valence-corrected chi connectivity index (χ2v) is 11.2. The molecule has 6 nitrogen and oxygen atoms in total. The number of aliphatic imine (C=N–C) groups is 1. The second-order valence-electron chi connectivity index (χ2n) is 8.94. The van der Waals surface area contributed by atoms with E-state index in [2.05, 4.69) is 66.6 Å². The van der Waals surface area contributed by atoms with Gasteiger partial charge >= 0.3 is 0 Å². The minimum Gasteiger partial charge on any atom is -0.357 e. The number of piperidine rings is 1. The normalized spacial score (nSPS) is 19.2. The molecule has 29 heavy (non-hydrogen) atoms. The molecule has 0 saturated carbocycles. The van der Waals surface area contributed by atoms with Gasteiger partial charge in [0, 0.05) is 38.5 Å². The number of guanidine groups is 1. The lowest BCUT2D eigenvalue weighted by Gasteiger charge is -2.34. The van der Waals surface area contributed by atoms with Gasteiger partial charge in [-0.15, -0.1) is 0 Å². The molecule has 1 aromatic rings. The van der Waals surface area contributed by atoms with Crippen molar-refractivity contribution in [3.8, 4) is 0 Å². The summed E-state index contributed by atoms with van der Waals surface area (Å²) in [6.45, 7) is 10.7. The molecule has 1 unspecified atom stereocenters. The molecule has 0 spiro atoms. The lowest BCUT2D eigenvalue weighted by atomic mass is 9.90.